The molecule has 1 aromatic heterocycles. The summed E-state index contributed by atoms with van der Waals surface area (Å²) in [7, 11) is -3.22. The molecule has 1 aliphatic rings. The number of para-hydroxylation sites is 1. The first kappa shape index (κ1) is 12.6. The highest BCUT2D eigenvalue weighted by atomic mass is 32.2. The standard InChI is InChI=1S/C13H14N2O2S2/c1-8(2)13-14-11(6-18-13)10-5-3-4-9-7-19(16,17)15-12(9)10/h3-6,8,15H,7H2,1-2H3. The van der Waals surface area contributed by atoms with Crippen LogP contribution in [0.5, 0.6) is 0 Å². The highest BCUT2D eigenvalue weighted by Crippen LogP contribution is 2.37. The number of fused-ring (bicyclic) bond motifs is 1. The number of nitrogens with one attached hydrogen (secondary N) is 1. The van der Waals surface area contributed by atoms with E-state index in [9.17, 15) is 8.42 Å². The quantitative estimate of drug-likeness (QED) is 0.925. The third-order valence-electron chi connectivity index (χ3n) is 3.05. The second-order valence-electron chi connectivity index (χ2n) is 4.93. The van der Waals surface area contributed by atoms with E-state index >= 15 is 0 Å². The van der Waals surface area contributed by atoms with Crippen molar-refractivity contribution in [3.8, 4) is 11.3 Å². The first-order chi connectivity index (χ1) is 8.96. The SMILES string of the molecule is CC(C)c1nc(-c2cccc3c2NS(=O)(=O)C3)cs1. The molecule has 0 unspecified atom stereocenters. The minimum absolute atomic E-state index is 0.0529. The van der Waals surface area contributed by atoms with Crippen LogP contribution in [0.1, 0.15) is 30.3 Å². The average molecular weight is 294 g/mol. The summed E-state index contributed by atoms with van der Waals surface area (Å²) in [5.41, 5.74) is 3.21. The second kappa shape index (κ2) is 4.31. The number of aromatic nitrogens is 1. The molecule has 0 saturated carbocycles. The van der Waals surface area contributed by atoms with Gasteiger partial charge in [-0.15, -0.1) is 11.3 Å². The molecule has 2 aromatic rings. The van der Waals surface area contributed by atoms with Gasteiger partial charge in [0.25, 0.3) is 0 Å². The fraction of sp³-hybridized carbons (Fsp3) is 0.308. The number of thiazole rings is 1. The number of rotatable bonds is 2. The van der Waals surface area contributed by atoms with Gasteiger partial charge in [-0.2, -0.15) is 0 Å². The van der Waals surface area contributed by atoms with Crippen molar-refractivity contribution in [1.82, 2.24) is 4.98 Å². The zero-order valence-corrected chi connectivity index (χ0v) is 12.3. The Kier molecular flexibility index (Phi) is 2.87. The summed E-state index contributed by atoms with van der Waals surface area (Å²) in [5, 5.41) is 3.05. The van der Waals surface area contributed by atoms with Crippen LogP contribution < -0.4 is 4.72 Å². The maximum absolute atomic E-state index is 11.7. The van der Waals surface area contributed by atoms with Gasteiger partial charge in [0.15, 0.2) is 0 Å². The summed E-state index contributed by atoms with van der Waals surface area (Å²) in [6.07, 6.45) is 0. The maximum Gasteiger partial charge on any atom is 0.237 e. The summed E-state index contributed by atoms with van der Waals surface area (Å²) < 4.78 is 25.9. The number of hydrogen-bond donors (Lipinski definition) is 1. The molecule has 0 amide bonds. The van der Waals surface area contributed by atoms with Crippen molar-refractivity contribution in [2.75, 3.05) is 4.72 Å². The lowest BCUT2D eigenvalue weighted by atomic mass is 10.1. The van der Waals surface area contributed by atoms with Crippen LogP contribution in [0.25, 0.3) is 11.3 Å². The molecule has 0 saturated heterocycles. The second-order valence-corrected chi connectivity index (χ2v) is 7.54. The van der Waals surface area contributed by atoms with Crippen LogP contribution in [-0.2, 0) is 15.8 Å². The van der Waals surface area contributed by atoms with Crippen molar-refractivity contribution in [1.29, 1.82) is 0 Å². The highest BCUT2D eigenvalue weighted by Gasteiger charge is 2.26. The Morgan fingerprint density at radius 3 is 2.84 bits per heavy atom. The summed E-state index contributed by atoms with van der Waals surface area (Å²) in [6.45, 7) is 4.20. The molecule has 19 heavy (non-hydrogen) atoms. The molecule has 0 bridgehead atoms. The zero-order valence-electron chi connectivity index (χ0n) is 10.7. The van der Waals surface area contributed by atoms with E-state index in [2.05, 4.69) is 23.6 Å². The van der Waals surface area contributed by atoms with Gasteiger partial charge in [0.2, 0.25) is 10.0 Å². The zero-order chi connectivity index (χ0) is 13.6. The lowest BCUT2D eigenvalue weighted by Crippen LogP contribution is -2.05. The van der Waals surface area contributed by atoms with Gasteiger partial charge in [-0.1, -0.05) is 32.0 Å². The van der Waals surface area contributed by atoms with Crippen LogP contribution in [0.15, 0.2) is 23.6 Å². The Balaban J connectivity index is 2.10. The Morgan fingerprint density at radius 1 is 1.37 bits per heavy atom. The van der Waals surface area contributed by atoms with Gasteiger partial charge in [0, 0.05) is 16.9 Å². The highest BCUT2D eigenvalue weighted by molar-refractivity contribution is 7.92. The van der Waals surface area contributed by atoms with E-state index in [0.29, 0.717) is 11.6 Å². The van der Waals surface area contributed by atoms with Gasteiger partial charge < -0.3 is 0 Å². The molecule has 2 heterocycles. The van der Waals surface area contributed by atoms with Crippen molar-refractivity contribution >= 4 is 27.0 Å². The first-order valence-electron chi connectivity index (χ1n) is 6.04. The van der Waals surface area contributed by atoms with Crippen LogP contribution in [-0.4, -0.2) is 13.4 Å². The van der Waals surface area contributed by atoms with Crippen molar-refractivity contribution in [3.05, 3.63) is 34.2 Å². The van der Waals surface area contributed by atoms with Gasteiger partial charge in [-0.3, -0.25) is 4.72 Å². The van der Waals surface area contributed by atoms with Gasteiger partial charge >= 0.3 is 0 Å². The lowest BCUT2D eigenvalue weighted by Gasteiger charge is -2.05. The monoisotopic (exact) mass is 294 g/mol. The number of hydrogen-bond acceptors (Lipinski definition) is 4. The Hall–Kier alpha value is -1.40. The molecule has 100 valence electrons. The van der Waals surface area contributed by atoms with Crippen molar-refractivity contribution in [2.45, 2.75) is 25.5 Å². The molecule has 0 radical (unpaired) electrons. The minimum Gasteiger partial charge on any atom is -0.282 e. The van der Waals surface area contributed by atoms with E-state index in [4.69, 9.17) is 0 Å². The van der Waals surface area contributed by atoms with E-state index < -0.39 is 10.0 Å². The normalized spacial score (nSPS) is 16.4. The summed E-state index contributed by atoms with van der Waals surface area (Å²) in [6, 6.07) is 5.63. The molecule has 4 nitrogen and oxygen atoms in total. The average Bonchev–Trinajstić information content (AvgIpc) is 2.90. The predicted octanol–water partition coefficient (Wildman–Crippen LogP) is 3.19. The topological polar surface area (TPSA) is 59.1 Å². The van der Waals surface area contributed by atoms with Crippen molar-refractivity contribution < 1.29 is 8.42 Å². The van der Waals surface area contributed by atoms with Crippen LogP contribution >= 0.6 is 11.3 Å². The van der Waals surface area contributed by atoms with Gasteiger partial charge in [0.1, 0.15) is 0 Å². The maximum atomic E-state index is 11.7. The molecular formula is C13H14N2O2S2. The predicted molar refractivity (Wildman–Crippen MR) is 77.9 cm³/mol. The van der Waals surface area contributed by atoms with Crippen LogP contribution in [0.4, 0.5) is 5.69 Å². The molecule has 6 heteroatoms. The van der Waals surface area contributed by atoms with Crippen LogP contribution in [0.3, 0.4) is 0 Å². The Bertz CT molecular complexity index is 733. The molecule has 1 aromatic carbocycles. The van der Waals surface area contributed by atoms with Crippen molar-refractivity contribution in [3.63, 3.8) is 0 Å². The molecule has 1 aliphatic heterocycles. The Morgan fingerprint density at radius 2 is 2.16 bits per heavy atom. The van der Waals surface area contributed by atoms with E-state index in [1.807, 2.05) is 23.6 Å². The molecule has 0 aliphatic carbocycles. The molecule has 3 rings (SSSR count). The molecule has 0 spiro atoms. The summed E-state index contributed by atoms with van der Waals surface area (Å²) in [4.78, 5) is 4.59. The third kappa shape index (κ3) is 2.26. The van der Waals surface area contributed by atoms with Gasteiger partial charge in [-0.25, -0.2) is 13.4 Å². The number of anilines is 1. The van der Waals surface area contributed by atoms with Gasteiger partial charge in [0.05, 0.1) is 22.1 Å². The Labute approximate surface area is 116 Å². The van der Waals surface area contributed by atoms with E-state index in [-0.39, 0.29) is 5.75 Å². The number of nitrogens with zero attached hydrogens (tertiary/aromatic N) is 1. The molecule has 0 fully saturated rings. The van der Waals surface area contributed by atoms with Gasteiger partial charge in [-0.05, 0) is 5.56 Å². The largest absolute Gasteiger partial charge is 0.282 e. The number of benzene rings is 1. The fourth-order valence-electron chi connectivity index (χ4n) is 2.13. The van der Waals surface area contributed by atoms with Crippen LogP contribution in [0, 0.1) is 0 Å². The van der Waals surface area contributed by atoms with Crippen LogP contribution in [0.2, 0.25) is 0 Å². The number of sulfonamides is 1. The summed E-state index contributed by atoms with van der Waals surface area (Å²) in [5.74, 6) is 0.435. The fourth-order valence-corrected chi connectivity index (χ4v) is 4.24. The van der Waals surface area contributed by atoms with E-state index in [1.54, 1.807) is 11.3 Å². The molecular weight excluding hydrogens is 280 g/mol. The van der Waals surface area contributed by atoms with E-state index in [0.717, 1.165) is 21.8 Å². The third-order valence-corrected chi connectivity index (χ3v) is 5.40. The first-order valence-corrected chi connectivity index (χ1v) is 8.57. The summed E-state index contributed by atoms with van der Waals surface area (Å²) >= 11 is 1.61. The minimum atomic E-state index is -3.22. The molecule has 0 atom stereocenters. The van der Waals surface area contributed by atoms with E-state index in [1.165, 1.54) is 0 Å². The van der Waals surface area contributed by atoms with Crippen molar-refractivity contribution in [2.24, 2.45) is 0 Å². The smallest absolute Gasteiger partial charge is 0.237 e. The molecule has 1 N–H and O–H groups in total. The lowest BCUT2D eigenvalue weighted by molar-refractivity contribution is 0.602.